The van der Waals surface area contributed by atoms with Gasteiger partial charge in [-0.05, 0) is 70.5 Å². The molecule has 0 spiro atoms. The lowest BCUT2D eigenvalue weighted by Gasteiger charge is -2.25. The number of alkyl halides is 3. The first-order chi connectivity index (χ1) is 16.3. The normalized spacial score (nSPS) is 13.5. The van der Waals surface area contributed by atoms with Crippen LogP contribution in [0.2, 0.25) is 0 Å². The van der Waals surface area contributed by atoms with Gasteiger partial charge < -0.3 is 9.84 Å². The molecule has 0 heterocycles. The summed E-state index contributed by atoms with van der Waals surface area (Å²) in [4.78, 5) is 12.2. The van der Waals surface area contributed by atoms with E-state index in [4.69, 9.17) is 4.74 Å². The number of rotatable bonds is 8. The van der Waals surface area contributed by atoms with Gasteiger partial charge in [0.15, 0.2) is 0 Å². The molecule has 0 amide bonds. The minimum Gasteiger partial charge on any atom is -0.489 e. The first-order valence-corrected chi connectivity index (χ1v) is 11.0. The van der Waals surface area contributed by atoms with Crippen LogP contribution in [0, 0.1) is 23.5 Å². The third kappa shape index (κ3) is 6.59. The fraction of sp³-hybridized carbons (Fsp3) is 0.296. The van der Waals surface area contributed by atoms with E-state index in [1.54, 1.807) is 18.2 Å². The Hall–Kier alpha value is -3.42. The van der Waals surface area contributed by atoms with Crippen molar-refractivity contribution in [3.05, 3.63) is 89.0 Å². The molecule has 0 saturated heterocycles. The SMILES string of the molecule is CC(C)[C@H](C)[C@@H](C(=O)O)c1cc(OCc2cc(F)cc(F)c2)cc(-c2ccc(C(F)(F)F)cc2)c1. The molecule has 186 valence electrons. The predicted molar refractivity (Wildman–Crippen MR) is 122 cm³/mol. The molecule has 3 nitrogen and oxygen atoms in total. The Morgan fingerprint density at radius 3 is 2.00 bits per heavy atom. The smallest absolute Gasteiger partial charge is 0.416 e. The van der Waals surface area contributed by atoms with Crippen molar-refractivity contribution >= 4 is 5.97 Å². The highest BCUT2D eigenvalue weighted by Gasteiger charge is 2.31. The van der Waals surface area contributed by atoms with Gasteiger partial charge in [-0.25, -0.2) is 8.78 Å². The van der Waals surface area contributed by atoms with Crippen LogP contribution in [0.4, 0.5) is 22.0 Å². The van der Waals surface area contributed by atoms with E-state index in [0.29, 0.717) is 16.7 Å². The van der Waals surface area contributed by atoms with Gasteiger partial charge in [0.25, 0.3) is 0 Å². The van der Waals surface area contributed by atoms with E-state index in [-0.39, 0.29) is 29.8 Å². The first kappa shape index (κ1) is 26.2. The lowest BCUT2D eigenvalue weighted by molar-refractivity contribution is -0.140. The molecule has 8 heteroatoms. The molecule has 0 unspecified atom stereocenters. The van der Waals surface area contributed by atoms with E-state index >= 15 is 0 Å². The highest BCUT2D eigenvalue weighted by Crippen LogP contribution is 2.37. The van der Waals surface area contributed by atoms with Gasteiger partial charge in [0.05, 0.1) is 11.5 Å². The maximum atomic E-state index is 13.5. The van der Waals surface area contributed by atoms with Crippen LogP contribution in [0.15, 0.2) is 60.7 Å². The monoisotopic (exact) mass is 492 g/mol. The van der Waals surface area contributed by atoms with Gasteiger partial charge in [-0.3, -0.25) is 4.79 Å². The van der Waals surface area contributed by atoms with Crippen molar-refractivity contribution in [2.75, 3.05) is 0 Å². The van der Waals surface area contributed by atoms with Crippen LogP contribution in [0.1, 0.15) is 43.4 Å². The summed E-state index contributed by atoms with van der Waals surface area (Å²) in [6, 6.07) is 12.2. The van der Waals surface area contributed by atoms with Gasteiger partial charge >= 0.3 is 12.1 Å². The van der Waals surface area contributed by atoms with Crippen LogP contribution in [0.25, 0.3) is 11.1 Å². The van der Waals surface area contributed by atoms with E-state index in [1.165, 1.54) is 12.1 Å². The third-order valence-electron chi connectivity index (χ3n) is 6.00. The van der Waals surface area contributed by atoms with E-state index in [2.05, 4.69) is 0 Å². The van der Waals surface area contributed by atoms with Crippen LogP contribution in [-0.4, -0.2) is 11.1 Å². The number of hydrogen-bond donors (Lipinski definition) is 1. The summed E-state index contributed by atoms with van der Waals surface area (Å²) in [7, 11) is 0. The fourth-order valence-corrected chi connectivity index (χ4v) is 3.82. The lowest BCUT2D eigenvalue weighted by Crippen LogP contribution is -2.23. The molecule has 0 fully saturated rings. The first-order valence-electron chi connectivity index (χ1n) is 11.0. The molecule has 2 atom stereocenters. The number of benzene rings is 3. The molecule has 0 radical (unpaired) electrons. The topological polar surface area (TPSA) is 46.5 Å². The number of halogens is 5. The van der Waals surface area contributed by atoms with Gasteiger partial charge in [0, 0.05) is 6.07 Å². The largest absolute Gasteiger partial charge is 0.489 e. The number of carboxylic acids is 1. The number of carboxylic acid groups (broad SMARTS) is 1. The Morgan fingerprint density at radius 2 is 1.49 bits per heavy atom. The summed E-state index contributed by atoms with van der Waals surface area (Å²) in [6.07, 6.45) is -4.49. The highest BCUT2D eigenvalue weighted by molar-refractivity contribution is 5.78. The standard InChI is InChI=1S/C27H25F5O3/c1-15(2)16(3)25(26(33)34)20-10-19(18-4-6-21(7-5-18)27(30,31)32)11-24(12-20)35-14-17-8-22(28)13-23(29)9-17/h4-13,15-16,25H,14H2,1-3H3,(H,33,34)/t16-,25+/m0/s1. The highest BCUT2D eigenvalue weighted by atomic mass is 19.4. The molecular weight excluding hydrogens is 467 g/mol. The van der Waals surface area contributed by atoms with Gasteiger partial charge in [-0.2, -0.15) is 13.2 Å². The molecule has 1 N–H and O–H groups in total. The van der Waals surface area contributed by atoms with Gasteiger partial charge in [0.2, 0.25) is 0 Å². The number of aliphatic carboxylic acids is 1. The zero-order valence-corrected chi connectivity index (χ0v) is 19.4. The van der Waals surface area contributed by atoms with Crippen molar-refractivity contribution in [3.8, 4) is 16.9 Å². The average molecular weight is 492 g/mol. The molecule has 35 heavy (non-hydrogen) atoms. The van der Waals surface area contributed by atoms with Gasteiger partial charge in [0.1, 0.15) is 24.0 Å². The van der Waals surface area contributed by atoms with Gasteiger partial charge in [-0.1, -0.05) is 39.0 Å². The Bertz CT molecular complexity index is 1170. The molecule has 3 aromatic rings. The maximum absolute atomic E-state index is 13.5. The van der Waals surface area contributed by atoms with Crippen LogP contribution < -0.4 is 4.74 Å². The van der Waals surface area contributed by atoms with Crippen LogP contribution >= 0.6 is 0 Å². The minimum atomic E-state index is -4.49. The Kier molecular flexibility index (Phi) is 7.83. The molecule has 0 aliphatic heterocycles. The van der Waals surface area contributed by atoms with Gasteiger partial charge in [-0.15, -0.1) is 0 Å². The fourth-order valence-electron chi connectivity index (χ4n) is 3.82. The zero-order chi connectivity index (χ0) is 25.9. The van der Waals surface area contributed by atoms with Crippen molar-refractivity contribution in [2.45, 2.75) is 39.5 Å². The van der Waals surface area contributed by atoms with Crippen LogP contribution in [-0.2, 0) is 17.6 Å². The summed E-state index contributed by atoms with van der Waals surface area (Å²) in [6.45, 7) is 5.42. The third-order valence-corrected chi connectivity index (χ3v) is 6.00. The summed E-state index contributed by atoms with van der Waals surface area (Å²) < 4.78 is 71.8. The van der Waals surface area contributed by atoms with E-state index in [1.807, 2.05) is 20.8 Å². The zero-order valence-electron chi connectivity index (χ0n) is 19.4. The Labute approximate surface area is 200 Å². The van der Waals surface area contributed by atoms with Crippen LogP contribution in [0.3, 0.4) is 0 Å². The quantitative estimate of drug-likeness (QED) is 0.328. The van der Waals surface area contributed by atoms with Crippen molar-refractivity contribution in [1.82, 2.24) is 0 Å². The number of carbonyl (C=O) groups is 1. The summed E-state index contributed by atoms with van der Waals surface area (Å²) in [5.41, 5.74) is 0.728. The van der Waals surface area contributed by atoms with Crippen molar-refractivity contribution in [1.29, 1.82) is 0 Å². The molecular formula is C27H25F5O3. The van der Waals surface area contributed by atoms with Crippen LogP contribution in [0.5, 0.6) is 5.75 Å². The summed E-state index contributed by atoms with van der Waals surface area (Å²) >= 11 is 0. The number of ether oxygens (including phenoxy) is 1. The second-order valence-corrected chi connectivity index (χ2v) is 8.85. The molecule has 0 aromatic heterocycles. The van der Waals surface area contributed by atoms with Crippen molar-refractivity contribution in [3.63, 3.8) is 0 Å². The lowest BCUT2D eigenvalue weighted by atomic mass is 9.80. The van der Waals surface area contributed by atoms with Crippen molar-refractivity contribution < 1.29 is 36.6 Å². The van der Waals surface area contributed by atoms with E-state index in [0.717, 1.165) is 30.3 Å². The van der Waals surface area contributed by atoms with E-state index in [9.17, 15) is 31.9 Å². The second kappa shape index (κ2) is 10.5. The molecule has 0 aliphatic carbocycles. The molecule has 0 aliphatic rings. The summed E-state index contributed by atoms with van der Waals surface area (Å²) in [5.74, 6) is -3.48. The average Bonchev–Trinajstić information content (AvgIpc) is 2.76. The summed E-state index contributed by atoms with van der Waals surface area (Å²) in [5, 5.41) is 9.94. The van der Waals surface area contributed by atoms with Crippen molar-refractivity contribution in [2.24, 2.45) is 11.8 Å². The Morgan fingerprint density at radius 1 is 0.886 bits per heavy atom. The Balaban J connectivity index is 2.05. The maximum Gasteiger partial charge on any atom is 0.416 e. The molecule has 3 rings (SSSR count). The molecule has 0 saturated carbocycles. The number of hydrogen-bond acceptors (Lipinski definition) is 2. The molecule has 3 aromatic carbocycles. The van der Waals surface area contributed by atoms with E-state index < -0.39 is 35.3 Å². The second-order valence-electron chi connectivity index (χ2n) is 8.85. The predicted octanol–water partition coefficient (Wildman–Crippen LogP) is 7.69. The molecule has 0 bridgehead atoms. The minimum absolute atomic E-state index is 0.0328.